The Morgan fingerprint density at radius 3 is 2.44 bits per heavy atom. The first-order valence-electron chi connectivity index (χ1n) is 10.8. The number of hydrogen-bond donors (Lipinski definition) is 2. The van der Waals surface area contributed by atoms with Gasteiger partial charge in [-0.3, -0.25) is 4.79 Å². The minimum atomic E-state index is -0.534. The number of carbonyl (C=O) groups is 1. The summed E-state index contributed by atoms with van der Waals surface area (Å²) in [6, 6.07) is 15.5. The first kappa shape index (κ1) is 22.6. The van der Waals surface area contributed by atoms with Gasteiger partial charge in [0.15, 0.2) is 5.69 Å². The molecule has 0 unspecified atom stereocenters. The average molecular weight is 460 g/mol. The van der Waals surface area contributed by atoms with Crippen molar-refractivity contribution >= 4 is 23.6 Å². The molecule has 0 aliphatic carbocycles. The van der Waals surface area contributed by atoms with E-state index in [-0.39, 0.29) is 17.3 Å². The molecule has 34 heavy (non-hydrogen) atoms. The van der Waals surface area contributed by atoms with Gasteiger partial charge >= 0.3 is 0 Å². The molecule has 0 aliphatic rings. The number of benzene rings is 2. The zero-order chi connectivity index (χ0) is 24.1. The number of carbonyl (C=O) groups excluding carboxylic acids is 1. The zero-order valence-corrected chi connectivity index (χ0v) is 19.1. The lowest BCUT2D eigenvalue weighted by atomic mass is 10.1. The van der Waals surface area contributed by atoms with Crippen LogP contribution in [-0.4, -0.2) is 50.5 Å². The fourth-order valence-electron chi connectivity index (χ4n) is 3.47. The van der Waals surface area contributed by atoms with Crippen molar-refractivity contribution in [2.45, 2.75) is 20.8 Å². The quantitative estimate of drug-likeness (QED) is 0.303. The molecular formula is C23H25N9O2. The van der Waals surface area contributed by atoms with Crippen molar-refractivity contribution in [3.05, 3.63) is 65.4 Å². The Kier molecular flexibility index (Phi) is 6.62. The number of rotatable bonds is 8. The second kappa shape index (κ2) is 9.94. The van der Waals surface area contributed by atoms with Crippen LogP contribution in [0.25, 0.3) is 17.1 Å². The van der Waals surface area contributed by atoms with Crippen LogP contribution in [0.4, 0.5) is 11.5 Å². The molecule has 0 saturated carbocycles. The second-order valence-electron chi connectivity index (χ2n) is 7.50. The molecule has 1 amide bonds. The van der Waals surface area contributed by atoms with E-state index in [1.165, 1.54) is 4.68 Å². The number of anilines is 2. The normalized spacial score (nSPS) is 11.1. The van der Waals surface area contributed by atoms with Gasteiger partial charge < -0.3 is 10.6 Å². The van der Waals surface area contributed by atoms with E-state index in [1.807, 2.05) is 55.5 Å². The minimum Gasteiger partial charge on any atom is -0.378 e. The van der Waals surface area contributed by atoms with Crippen LogP contribution < -0.4 is 16.1 Å². The monoisotopic (exact) mass is 459 g/mol. The van der Waals surface area contributed by atoms with Crippen LogP contribution in [0.15, 0.2) is 58.3 Å². The summed E-state index contributed by atoms with van der Waals surface area (Å²) in [4.78, 5) is 15.2. The number of nitrogens with one attached hydrogen (secondary N) is 1. The number of hydrogen-bond acceptors (Lipinski definition) is 9. The molecule has 4 aromatic rings. The smallest absolute Gasteiger partial charge is 0.294 e. The summed E-state index contributed by atoms with van der Waals surface area (Å²) in [7, 11) is 0. The highest BCUT2D eigenvalue weighted by Gasteiger charge is 2.25. The van der Waals surface area contributed by atoms with Crippen LogP contribution in [0.5, 0.6) is 0 Å². The summed E-state index contributed by atoms with van der Waals surface area (Å²) in [5, 5.41) is 19.5. The van der Waals surface area contributed by atoms with Gasteiger partial charge in [-0.2, -0.15) is 9.78 Å². The first-order valence-corrected chi connectivity index (χ1v) is 10.8. The molecule has 11 heteroatoms. The van der Waals surface area contributed by atoms with E-state index in [0.29, 0.717) is 11.3 Å². The van der Waals surface area contributed by atoms with Crippen LogP contribution in [0.3, 0.4) is 0 Å². The standard InChI is InChI=1S/C23H25N9O2/c1-4-31(5-2)18-12-8-16(9-13-18)14-25-27-23(33)19-20(17-10-6-15(3)7-11-17)32(30-26-19)22-21(24)28-34-29-22/h6-14H,4-5H2,1-3H3,(H2,24,28)(H,27,33)/b25-14-. The van der Waals surface area contributed by atoms with Crippen LogP contribution in [0.1, 0.15) is 35.5 Å². The largest absolute Gasteiger partial charge is 0.378 e. The van der Waals surface area contributed by atoms with Crippen LogP contribution in [0, 0.1) is 6.92 Å². The van der Waals surface area contributed by atoms with Gasteiger partial charge in [-0.1, -0.05) is 47.2 Å². The highest BCUT2D eigenvalue weighted by atomic mass is 16.6. The molecule has 4 rings (SSSR count). The van der Waals surface area contributed by atoms with E-state index in [4.69, 9.17) is 10.4 Å². The number of amides is 1. The molecular weight excluding hydrogens is 434 g/mol. The number of aromatic nitrogens is 5. The summed E-state index contributed by atoms with van der Waals surface area (Å²) in [6.45, 7) is 8.06. The maximum atomic E-state index is 12.9. The number of aryl methyl sites for hydroxylation is 1. The van der Waals surface area contributed by atoms with Crippen molar-refractivity contribution in [2.75, 3.05) is 23.7 Å². The molecule has 0 bridgehead atoms. The van der Waals surface area contributed by atoms with E-state index in [2.05, 4.69) is 49.9 Å². The van der Waals surface area contributed by atoms with E-state index < -0.39 is 5.91 Å². The van der Waals surface area contributed by atoms with Gasteiger partial charge in [0, 0.05) is 24.3 Å². The lowest BCUT2D eigenvalue weighted by Crippen LogP contribution is -2.21. The van der Waals surface area contributed by atoms with Gasteiger partial charge in [0.05, 0.1) is 6.21 Å². The van der Waals surface area contributed by atoms with E-state index >= 15 is 0 Å². The minimum absolute atomic E-state index is 0.0244. The van der Waals surface area contributed by atoms with Gasteiger partial charge in [-0.05, 0) is 48.8 Å². The molecule has 11 nitrogen and oxygen atoms in total. The summed E-state index contributed by atoms with van der Waals surface area (Å²) in [5.41, 5.74) is 12.5. The third-order valence-electron chi connectivity index (χ3n) is 5.31. The van der Waals surface area contributed by atoms with E-state index in [9.17, 15) is 4.79 Å². The molecule has 0 atom stereocenters. The predicted octanol–water partition coefficient (Wildman–Crippen LogP) is 2.82. The number of nitrogens with zero attached hydrogens (tertiary/aromatic N) is 7. The highest BCUT2D eigenvalue weighted by Crippen LogP contribution is 2.26. The van der Waals surface area contributed by atoms with E-state index in [1.54, 1.807) is 6.21 Å². The Labute approximate surface area is 196 Å². The Balaban J connectivity index is 1.58. The van der Waals surface area contributed by atoms with Crippen LogP contribution in [0.2, 0.25) is 0 Å². The van der Waals surface area contributed by atoms with Gasteiger partial charge in [0.1, 0.15) is 5.69 Å². The lowest BCUT2D eigenvalue weighted by molar-refractivity contribution is 0.0950. The van der Waals surface area contributed by atoms with Crippen molar-refractivity contribution in [2.24, 2.45) is 5.10 Å². The number of hydrazone groups is 1. The molecule has 2 aromatic heterocycles. The Morgan fingerprint density at radius 2 is 1.82 bits per heavy atom. The Morgan fingerprint density at radius 1 is 1.12 bits per heavy atom. The molecule has 0 aliphatic heterocycles. The first-order chi connectivity index (χ1) is 16.5. The molecule has 0 fully saturated rings. The van der Waals surface area contributed by atoms with Gasteiger partial charge in [0.2, 0.25) is 11.6 Å². The molecule has 3 N–H and O–H groups in total. The number of nitrogen functional groups attached to an aromatic ring is 1. The molecule has 0 saturated heterocycles. The maximum Gasteiger partial charge on any atom is 0.294 e. The van der Waals surface area contributed by atoms with Gasteiger partial charge in [-0.15, -0.1) is 5.10 Å². The van der Waals surface area contributed by atoms with Crippen LogP contribution in [-0.2, 0) is 0 Å². The summed E-state index contributed by atoms with van der Waals surface area (Å²) >= 11 is 0. The third-order valence-corrected chi connectivity index (χ3v) is 5.31. The fraction of sp³-hybridized carbons (Fsp3) is 0.217. The highest BCUT2D eigenvalue weighted by molar-refractivity contribution is 5.98. The van der Waals surface area contributed by atoms with Crippen molar-refractivity contribution in [3.63, 3.8) is 0 Å². The van der Waals surface area contributed by atoms with Gasteiger partial charge in [0.25, 0.3) is 5.91 Å². The van der Waals surface area contributed by atoms with Crippen molar-refractivity contribution in [3.8, 4) is 17.1 Å². The Bertz CT molecular complexity index is 1290. The molecule has 2 aromatic carbocycles. The molecule has 2 heterocycles. The van der Waals surface area contributed by atoms with Crippen molar-refractivity contribution in [1.82, 2.24) is 30.7 Å². The zero-order valence-electron chi connectivity index (χ0n) is 19.1. The third kappa shape index (κ3) is 4.63. The van der Waals surface area contributed by atoms with E-state index in [0.717, 1.165) is 29.9 Å². The van der Waals surface area contributed by atoms with Crippen molar-refractivity contribution in [1.29, 1.82) is 0 Å². The average Bonchev–Trinajstić information content (AvgIpc) is 3.47. The SMILES string of the molecule is CCN(CC)c1ccc(/C=N\NC(=O)c2nnn(-c3nonc3N)c2-c2ccc(C)cc2)cc1. The molecule has 0 spiro atoms. The van der Waals surface area contributed by atoms with Gasteiger partial charge in [-0.25, -0.2) is 10.1 Å². The lowest BCUT2D eigenvalue weighted by Gasteiger charge is -2.20. The molecule has 0 radical (unpaired) electrons. The topological polar surface area (TPSA) is 140 Å². The van der Waals surface area contributed by atoms with Crippen LogP contribution >= 0.6 is 0 Å². The fourth-order valence-corrected chi connectivity index (χ4v) is 3.47. The predicted molar refractivity (Wildman–Crippen MR) is 129 cm³/mol. The summed E-state index contributed by atoms with van der Waals surface area (Å²) < 4.78 is 6.01. The van der Waals surface area contributed by atoms with Crippen molar-refractivity contribution < 1.29 is 9.42 Å². The maximum absolute atomic E-state index is 12.9. The summed E-state index contributed by atoms with van der Waals surface area (Å²) in [5.74, 6) is -0.372. The number of nitrogens with two attached hydrogens (primary N) is 1. The summed E-state index contributed by atoms with van der Waals surface area (Å²) in [6.07, 6.45) is 1.57. The molecule has 174 valence electrons. The second-order valence-corrected chi connectivity index (χ2v) is 7.50. The Hall–Kier alpha value is -4.54.